The maximum absolute atomic E-state index is 9.70. The molecule has 8 aromatic carbocycles. The van der Waals surface area contributed by atoms with Crippen LogP contribution < -0.4 is 4.90 Å². The van der Waals surface area contributed by atoms with E-state index < -0.39 is 5.41 Å². The molecule has 1 nitrogen and oxygen atoms in total. The molecule has 0 aliphatic heterocycles. The van der Waals surface area contributed by atoms with Gasteiger partial charge in [-0.3, -0.25) is 0 Å². The highest BCUT2D eigenvalue weighted by molar-refractivity contribution is 7.27. The van der Waals surface area contributed by atoms with Crippen LogP contribution in [0.5, 0.6) is 0 Å². The summed E-state index contributed by atoms with van der Waals surface area (Å²) in [7, 11) is 0. The lowest BCUT2D eigenvalue weighted by molar-refractivity contribution is 0.660. The van der Waals surface area contributed by atoms with E-state index in [2.05, 4.69) is 117 Å². The Balaban J connectivity index is 1.17. The Morgan fingerprint density at radius 3 is 2.06 bits per heavy atom. The summed E-state index contributed by atoms with van der Waals surface area (Å²) in [6, 6.07) is 40.7. The first kappa shape index (κ1) is 25.1. The molecule has 1 heterocycles. The molecule has 0 spiro atoms. The summed E-state index contributed by atoms with van der Waals surface area (Å²) in [5.74, 6) is 0. The first-order valence-electron chi connectivity index (χ1n) is 21.9. The van der Waals surface area contributed by atoms with Gasteiger partial charge in [0.05, 0.1) is 15.3 Å². The van der Waals surface area contributed by atoms with Crippen molar-refractivity contribution in [1.29, 1.82) is 0 Å². The van der Waals surface area contributed by atoms with Crippen LogP contribution >= 0.6 is 11.3 Å². The third-order valence-corrected chi connectivity index (χ3v) is 13.2. The van der Waals surface area contributed by atoms with Crippen LogP contribution in [0.1, 0.15) is 59.5 Å². The van der Waals surface area contributed by atoms with Crippen molar-refractivity contribution in [3.05, 3.63) is 186 Å². The SMILES string of the molecule is [2H]c1c([2H])c([2H])c2c(c1[2H])-c1c(N(c3ccc(-c4cccc5c4sc4c6ccccc6ccc54)cc3)c3ccc4c(c3)C(C)(C)c3ccccc3-4)c([2H])c([2H])c([2H])c1C2(C)C. The number of thiophene rings is 1. The van der Waals surface area contributed by atoms with E-state index in [0.717, 1.165) is 27.9 Å². The third-order valence-electron chi connectivity index (χ3n) is 11.9. The molecule has 0 fully saturated rings. The Bertz CT molecular complexity index is 3400. The van der Waals surface area contributed by atoms with E-state index in [1.54, 1.807) is 11.3 Å². The van der Waals surface area contributed by atoms with Crippen molar-refractivity contribution < 1.29 is 9.60 Å². The van der Waals surface area contributed by atoms with Gasteiger partial charge in [-0.25, -0.2) is 0 Å². The van der Waals surface area contributed by atoms with Crippen molar-refractivity contribution in [3.63, 3.8) is 0 Å². The Morgan fingerprint density at radius 1 is 0.481 bits per heavy atom. The molecule has 1 aromatic heterocycles. The molecule has 11 rings (SSSR count). The molecule has 0 unspecified atom stereocenters. The average Bonchev–Trinajstić information content (AvgIpc) is 3.85. The summed E-state index contributed by atoms with van der Waals surface area (Å²) < 4.78 is 66.5. The molecular formula is C52H39NS. The summed E-state index contributed by atoms with van der Waals surface area (Å²) in [6.07, 6.45) is 0. The van der Waals surface area contributed by atoms with Crippen LogP contribution in [0.4, 0.5) is 17.1 Å². The standard InChI is InChI=1S/C52H39NS/c1-51(2)44-20-10-8-16-42(44)48-45(51)21-12-22-47(48)53(35-28-30-39-38-15-7-9-19-43(38)52(3,4)46(39)31-35)34-26-23-33(24-27-34)37-17-11-18-40-41-29-25-32-13-5-6-14-36(32)50(41)54-49(37)40/h5-31H,1-4H3/i8D,10D,12D,16D,20D,21D,22D. The molecule has 0 saturated heterocycles. The van der Waals surface area contributed by atoms with Crippen LogP contribution in [0, 0.1) is 0 Å². The lowest BCUT2D eigenvalue weighted by atomic mass is 9.82. The predicted molar refractivity (Wildman–Crippen MR) is 232 cm³/mol. The van der Waals surface area contributed by atoms with Gasteiger partial charge < -0.3 is 4.90 Å². The second-order valence-corrected chi connectivity index (χ2v) is 16.6. The van der Waals surface area contributed by atoms with Gasteiger partial charge in [0, 0.05) is 47.9 Å². The van der Waals surface area contributed by atoms with Gasteiger partial charge in [-0.15, -0.1) is 11.3 Å². The van der Waals surface area contributed by atoms with E-state index in [-0.39, 0.29) is 53.3 Å². The first-order valence-corrected chi connectivity index (χ1v) is 19.3. The van der Waals surface area contributed by atoms with Crippen molar-refractivity contribution in [2.75, 3.05) is 4.90 Å². The predicted octanol–water partition coefficient (Wildman–Crippen LogP) is 15.0. The summed E-state index contributed by atoms with van der Waals surface area (Å²) >= 11 is 1.80. The van der Waals surface area contributed by atoms with Gasteiger partial charge in [0.2, 0.25) is 0 Å². The molecular weight excluding hydrogens is 671 g/mol. The van der Waals surface area contributed by atoms with E-state index in [1.165, 1.54) is 42.1 Å². The van der Waals surface area contributed by atoms with Gasteiger partial charge in [0.1, 0.15) is 0 Å². The summed E-state index contributed by atoms with van der Waals surface area (Å²) in [5, 5.41) is 4.88. The van der Waals surface area contributed by atoms with E-state index >= 15 is 0 Å². The average molecular weight is 717 g/mol. The fourth-order valence-electron chi connectivity index (χ4n) is 9.15. The summed E-state index contributed by atoms with van der Waals surface area (Å²) in [4.78, 5) is 1.97. The smallest absolute Gasteiger partial charge is 0.0645 e. The normalized spacial score (nSPS) is 16.4. The number of rotatable bonds is 4. The van der Waals surface area contributed by atoms with Gasteiger partial charge in [-0.05, 0) is 91.2 Å². The first-order chi connectivity index (χ1) is 29.2. The van der Waals surface area contributed by atoms with E-state index in [1.807, 2.05) is 36.9 Å². The zero-order valence-corrected chi connectivity index (χ0v) is 31.2. The Labute approximate surface area is 330 Å². The zero-order chi connectivity index (χ0) is 42.4. The van der Waals surface area contributed by atoms with Crippen LogP contribution in [0.3, 0.4) is 0 Å². The largest absolute Gasteiger partial charge is 0.310 e. The van der Waals surface area contributed by atoms with Gasteiger partial charge in [-0.1, -0.05) is 161 Å². The summed E-state index contributed by atoms with van der Waals surface area (Å²) in [5.41, 5.74) is 8.63. The third kappa shape index (κ3) is 4.32. The Kier molecular flexibility index (Phi) is 5.25. The van der Waals surface area contributed by atoms with Gasteiger partial charge >= 0.3 is 0 Å². The Hall–Kier alpha value is -5.96. The van der Waals surface area contributed by atoms with Gasteiger partial charge in [0.25, 0.3) is 0 Å². The highest BCUT2D eigenvalue weighted by atomic mass is 32.1. The zero-order valence-electron chi connectivity index (χ0n) is 37.4. The maximum Gasteiger partial charge on any atom is 0.0645 e. The fourth-order valence-corrected chi connectivity index (χ4v) is 10.5. The summed E-state index contributed by atoms with van der Waals surface area (Å²) in [6.45, 7) is 8.15. The van der Waals surface area contributed by atoms with Crippen molar-refractivity contribution >= 4 is 59.3 Å². The molecule has 2 heteroatoms. The van der Waals surface area contributed by atoms with Gasteiger partial charge in [-0.2, -0.15) is 0 Å². The molecule has 0 N–H and O–H groups in total. The number of anilines is 3. The molecule has 2 aliphatic carbocycles. The van der Waals surface area contributed by atoms with Crippen LogP contribution in [0.25, 0.3) is 64.3 Å². The van der Waals surface area contributed by atoms with Crippen molar-refractivity contribution in [3.8, 4) is 33.4 Å². The van der Waals surface area contributed by atoms with E-state index in [0.29, 0.717) is 28.1 Å². The minimum atomic E-state index is -1.05. The minimum Gasteiger partial charge on any atom is -0.310 e. The van der Waals surface area contributed by atoms with Crippen LogP contribution in [-0.4, -0.2) is 0 Å². The molecule has 258 valence electrons. The number of nitrogens with zero attached hydrogens (tertiary/aromatic N) is 1. The second kappa shape index (κ2) is 11.3. The van der Waals surface area contributed by atoms with Crippen LogP contribution in [-0.2, 0) is 10.8 Å². The highest BCUT2D eigenvalue weighted by Gasteiger charge is 2.39. The highest BCUT2D eigenvalue weighted by Crippen LogP contribution is 2.56. The van der Waals surface area contributed by atoms with E-state index in [9.17, 15) is 5.48 Å². The number of benzene rings is 8. The fraction of sp³-hybridized carbons (Fsp3) is 0.115. The van der Waals surface area contributed by atoms with Crippen LogP contribution in [0.15, 0.2) is 164 Å². The molecule has 0 amide bonds. The van der Waals surface area contributed by atoms with Crippen LogP contribution in [0.2, 0.25) is 0 Å². The van der Waals surface area contributed by atoms with Crippen molar-refractivity contribution in [2.24, 2.45) is 0 Å². The monoisotopic (exact) mass is 716 g/mol. The van der Waals surface area contributed by atoms with Crippen molar-refractivity contribution in [1.82, 2.24) is 0 Å². The Morgan fingerprint density at radius 2 is 1.17 bits per heavy atom. The molecule has 9 aromatic rings. The van der Waals surface area contributed by atoms with Crippen molar-refractivity contribution in [2.45, 2.75) is 38.5 Å². The number of hydrogen-bond acceptors (Lipinski definition) is 2. The molecule has 2 aliphatic rings. The van der Waals surface area contributed by atoms with Gasteiger partial charge in [0.15, 0.2) is 0 Å². The van der Waals surface area contributed by atoms with E-state index in [4.69, 9.17) is 4.11 Å². The number of hydrogen-bond donors (Lipinski definition) is 0. The lowest BCUT2D eigenvalue weighted by Gasteiger charge is -2.30. The molecule has 0 saturated carbocycles. The quantitative estimate of drug-likeness (QED) is 0.175. The topological polar surface area (TPSA) is 3.24 Å². The lowest BCUT2D eigenvalue weighted by Crippen LogP contribution is -2.17. The maximum atomic E-state index is 9.70. The second-order valence-electron chi connectivity index (χ2n) is 15.6. The minimum absolute atomic E-state index is 0.146. The molecule has 54 heavy (non-hydrogen) atoms. The molecule has 0 radical (unpaired) electrons. The molecule has 0 bridgehead atoms. The number of fused-ring (bicyclic) bond motifs is 11. The molecule has 0 atom stereocenters.